The van der Waals surface area contributed by atoms with Crippen LogP contribution in [0.15, 0.2) is 60.7 Å². The van der Waals surface area contributed by atoms with Crippen molar-refractivity contribution >= 4 is 17.7 Å². The quantitative estimate of drug-likeness (QED) is 0.552. The molecule has 4 N–H and O–H groups in total. The van der Waals surface area contributed by atoms with Gasteiger partial charge in [-0.05, 0) is 30.4 Å². The standard InChI is InChI=1S/C22H27N3O3/c23-20(26)16-19(22(28)24-15-14-18-10-5-2-6-11-18)25-21(27)13-7-12-17-8-3-1-4-9-17/h1-6,8-11,19H,7,12-16H2,(H2,23,26)(H,24,28)(H,25,27)/t19-/m1/s1. The van der Waals surface area contributed by atoms with Crippen LogP contribution in [-0.2, 0) is 27.2 Å². The minimum absolute atomic E-state index is 0.221. The number of carbonyl (C=O) groups is 3. The van der Waals surface area contributed by atoms with Gasteiger partial charge in [0.2, 0.25) is 17.7 Å². The number of hydrogen-bond donors (Lipinski definition) is 3. The van der Waals surface area contributed by atoms with Crippen molar-refractivity contribution in [2.24, 2.45) is 5.73 Å². The summed E-state index contributed by atoms with van der Waals surface area (Å²) in [5.74, 6) is -1.29. The van der Waals surface area contributed by atoms with Crippen molar-refractivity contribution in [1.82, 2.24) is 10.6 Å². The van der Waals surface area contributed by atoms with Crippen LogP contribution >= 0.6 is 0 Å². The van der Waals surface area contributed by atoms with E-state index >= 15 is 0 Å². The Hall–Kier alpha value is -3.15. The van der Waals surface area contributed by atoms with Gasteiger partial charge in [0.05, 0.1) is 6.42 Å². The van der Waals surface area contributed by atoms with Gasteiger partial charge in [-0.3, -0.25) is 14.4 Å². The number of nitrogens with two attached hydrogens (primary N) is 1. The molecule has 0 saturated heterocycles. The van der Waals surface area contributed by atoms with Gasteiger partial charge in [-0.15, -0.1) is 0 Å². The molecule has 148 valence electrons. The van der Waals surface area contributed by atoms with Crippen molar-refractivity contribution in [1.29, 1.82) is 0 Å². The van der Waals surface area contributed by atoms with Crippen LogP contribution in [0.4, 0.5) is 0 Å². The molecule has 0 radical (unpaired) electrons. The number of aryl methyl sites for hydroxylation is 1. The zero-order valence-corrected chi connectivity index (χ0v) is 15.9. The Labute approximate surface area is 165 Å². The number of primary amides is 1. The monoisotopic (exact) mass is 381 g/mol. The van der Waals surface area contributed by atoms with Gasteiger partial charge in [-0.25, -0.2) is 0 Å². The summed E-state index contributed by atoms with van der Waals surface area (Å²) in [6.45, 7) is 0.419. The largest absolute Gasteiger partial charge is 0.370 e. The summed E-state index contributed by atoms with van der Waals surface area (Å²) >= 11 is 0. The topological polar surface area (TPSA) is 101 Å². The average Bonchev–Trinajstić information content (AvgIpc) is 2.68. The first kappa shape index (κ1) is 21.2. The van der Waals surface area contributed by atoms with Gasteiger partial charge in [-0.2, -0.15) is 0 Å². The Balaban J connectivity index is 1.77. The van der Waals surface area contributed by atoms with E-state index in [1.54, 1.807) is 0 Å². The van der Waals surface area contributed by atoms with Crippen LogP contribution in [0.5, 0.6) is 0 Å². The average molecular weight is 381 g/mol. The first-order valence-corrected chi connectivity index (χ1v) is 9.48. The molecule has 3 amide bonds. The fourth-order valence-corrected chi connectivity index (χ4v) is 2.87. The van der Waals surface area contributed by atoms with E-state index in [0.717, 1.165) is 17.5 Å². The molecule has 6 heteroatoms. The van der Waals surface area contributed by atoms with Gasteiger partial charge in [0.15, 0.2) is 0 Å². The van der Waals surface area contributed by atoms with Crippen molar-refractivity contribution in [3.05, 3.63) is 71.8 Å². The Morgan fingerprint density at radius 1 is 0.857 bits per heavy atom. The SMILES string of the molecule is NC(=O)C[C@@H](NC(=O)CCCc1ccccc1)C(=O)NCCc1ccccc1. The summed E-state index contributed by atoms with van der Waals surface area (Å²) in [7, 11) is 0. The lowest BCUT2D eigenvalue weighted by Gasteiger charge is -2.17. The Morgan fingerprint density at radius 3 is 2.00 bits per heavy atom. The minimum atomic E-state index is -0.947. The van der Waals surface area contributed by atoms with Crippen molar-refractivity contribution in [2.45, 2.75) is 38.1 Å². The van der Waals surface area contributed by atoms with Gasteiger partial charge in [0.25, 0.3) is 0 Å². The Morgan fingerprint density at radius 2 is 1.43 bits per heavy atom. The van der Waals surface area contributed by atoms with Crippen LogP contribution in [0.3, 0.4) is 0 Å². The summed E-state index contributed by atoms with van der Waals surface area (Å²) < 4.78 is 0. The van der Waals surface area contributed by atoms with Crippen molar-refractivity contribution in [3.63, 3.8) is 0 Å². The molecule has 1 atom stereocenters. The van der Waals surface area contributed by atoms with Crippen molar-refractivity contribution in [2.75, 3.05) is 6.54 Å². The Bertz CT molecular complexity index is 763. The van der Waals surface area contributed by atoms with E-state index in [2.05, 4.69) is 10.6 Å². The highest BCUT2D eigenvalue weighted by Crippen LogP contribution is 2.05. The number of benzene rings is 2. The zero-order chi connectivity index (χ0) is 20.2. The van der Waals surface area contributed by atoms with Crippen LogP contribution < -0.4 is 16.4 Å². The molecule has 0 saturated carbocycles. The molecular formula is C22H27N3O3. The maximum absolute atomic E-state index is 12.4. The predicted molar refractivity (Wildman–Crippen MR) is 108 cm³/mol. The molecule has 0 aromatic heterocycles. The second kappa shape index (κ2) is 11.5. The highest BCUT2D eigenvalue weighted by atomic mass is 16.2. The van der Waals surface area contributed by atoms with E-state index in [4.69, 9.17) is 5.73 Å². The molecular weight excluding hydrogens is 354 g/mol. The van der Waals surface area contributed by atoms with Crippen molar-refractivity contribution in [3.8, 4) is 0 Å². The third-order valence-electron chi connectivity index (χ3n) is 4.32. The summed E-state index contributed by atoms with van der Waals surface area (Å²) in [4.78, 5) is 35.8. The van der Waals surface area contributed by atoms with Gasteiger partial charge in [0.1, 0.15) is 6.04 Å². The third kappa shape index (κ3) is 8.03. The fourth-order valence-electron chi connectivity index (χ4n) is 2.87. The lowest BCUT2D eigenvalue weighted by molar-refractivity contribution is -0.131. The van der Waals surface area contributed by atoms with Crippen molar-refractivity contribution < 1.29 is 14.4 Å². The first-order chi connectivity index (χ1) is 13.5. The smallest absolute Gasteiger partial charge is 0.243 e. The molecule has 2 aromatic carbocycles. The highest BCUT2D eigenvalue weighted by molar-refractivity contribution is 5.91. The second-order valence-corrected chi connectivity index (χ2v) is 6.66. The molecule has 0 aliphatic carbocycles. The van der Waals surface area contributed by atoms with Gasteiger partial charge < -0.3 is 16.4 Å². The van der Waals surface area contributed by atoms with E-state index in [1.165, 1.54) is 0 Å². The normalized spacial score (nSPS) is 11.4. The summed E-state index contributed by atoms with van der Waals surface area (Å²) in [5, 5.41) is 5.39. The van der Waals surface area contributed by atoms with E-state index in [0.29, 0.717) is 19.4 Å². The summed E-state index contributed by atoms with van der Waals surface area (Å²) in [6.07, 6.45) is 2.16. The lowest BCUT2D eigenvalue weighted by Crippen LogP contribution is -2.49. The molecule has 0 aliphatic rings. The van der Waals surface area contributed by atoms with Crippen LogP contribution in [-0.4, -0.2) is 30.3 Å². The Kier molecular flexibility index (Phi) is 8.72. The highest BCUT2D eigenvalue weighted by Gasteiger charge is 2.22. The molecule has 0 bridgehead atoms. The molecule has 2 rings (SSSR count). The number of nitrogens with one attached hydrogen (secondary N) is 2. The molecule has 0 aliphatic heterocycles. The molecule has 0 fully saturated rings. The van der Waals surface area contributed by atoms with Crippen LogP contribution in [0.1, 0.15) is 30.4 Å². The maximum Gasteiger partial charge on any atom is 0.243 e. The molecule has 0 heterocycles. The predicted octanol–water partition coefficient (Wildman–Crippen LogP) is 1.73. The number of hydrogen-bond acceptors (Lipinski definition) is 3. The van der Waals surface area contributed by atoms with Gasteiger partial charge >= 0.3 is 0 Å². The minimum Gasteiger partial charge on any atom is -0.370 e. The molecule has 0 unspecified atom stereocenters. The van der Waals surface area contributed by atoms with E-state index in [9.17, 15) is 14.4 Å². The van der Waals surface area contributed by atoms with Crippen LogP contribution in [0.2, 0.25) is 0 Å². The molecule has 0 spiro atoms. The zero-order valence-electron chi connectivity index (χ0n) is 15.9. The fraction of sp³-hybridized carbons (Fsp3) is 0.318. The number of amides is 3. The number of carbonyl (C=O) groups excluding carboxylic acids is 3. The van der Waals surface area contributed by atoms with E-state index < -0.39 is 17.9 Å². The molecule has 2 aromatic rings. The van der Waals surface area contributed by atoms with Gasteiger partial charge in [0, 0.05) is 13.0 Å². The maximum atomic E-state index is 12.4. The molecule has 6 nitrogen and oxygen atoms in total. The number of rotatable bonds is 11. The summed E-state index contributed by atoms with van der Waals surface area (Å²) in [6, 6.07) is 18.7. The lowest BCUT2D eigenvalue weighted by atomic mass is 10.1. The summed E-state index contributed by atoms with van der Waals surface area (Å²) in [5.41, 5.74) is 7.48. The van der Waals surface area contributed by atoms with Gasteiger partial charge in [-0.1, -0.05) is 60.7 Å². The van der Waals surface area contributed by atoms with E-state index in [-0.39, 0.29) is 18.7 Å². The second-order valence-electron chi connectivity index (χ2n) is 6.66. The van der Waals surface area contributed by atoms with E-state index in [1.807, 2.05) is 60.7 Å². The third-order valence-corrected chi connectivity index (χ3v) is 4.32. The first-order valence-electron chi connectivity index (χ1n) is 9.48. The molecule has 28 heavy (non-hydrogen) atoms. The van der Waals surface area contributed by atoms with Crippen LogP contribution in [0.25, 0.3) is 0 Å². The van der Waals surface area contributed by atoms with Crippen LogP contribution in [0, 0.1) is 0 Å².